The van der Waals surface area contributed by atoms with Crippen molar-refractivity contribution in [2.24, 2.45) is 5.92 Å². The first-order valence-corrected chi connectivity index (χ1v) is 5.58. The fourth-order valence-electron chi connectivity index (χ4n) is 1.37. The molecule has 1 N–H and O–H groups in total. The lowest BCUT2D eigenvalue weighted by Crippen LogP contribution is -2.25. The van der Waals surface area contributed by atoms with Crippen LogP contribution in [0.2, 0.25) is 0 Å². The Bertz CT molecular complexity index is 224. The first-order chi connectivity index (χ1) is 7.24. The third-order valence-electron chi connectivity index (χ3n) is 2.53. The summed E-state index contributed by atoms with van der Waals surface area (Å²) in [4.78, 5) is 22.0. The van der Waals surface area contributed by atoms with E-state index in [0.29, 0.717) is 12.3 Å². The topological polar surface area (TPSA) is 55.4 Å². The number of carbonyl (C=O) groups excluding carboxylic acids is 2. The number of carbonyl (C=O) groups is 2. The molecular weight excluding hydrogens is 194 g/mol. The van der Waals surface area contributed by atoms with E-state index in [2.05, 4.69) is 10.1 Å². The highest BCUT2D eigenvalue weighted by Crippen LogP contribution is 2.28. The molecule has 15 heavy (non-hydrogen) atoms. The van der Waals surface area contributed by atoms with Crippen molar-refractivity contribution >= 4 is 11.9 Å². The van der Waals surface area contributed by atoms with Gasteiger partial charge in [0.1, 0.15) is 0 Å². The molecule has 0 aromatic heterocycles. The van der Waals surface area contributed by atoms with Gasteiger partial charge >= 0.3 is 5.97 Å². The van der Waals surface area contributed by atoms with Gasteiger partial charge in [-0.25, -0.2) is 0 Å². The standard InChI is InChI=1S/C11H19NO3/c1-15-10(13)5-3-2-4-8-12-11(14)9-6-7-9/h9H,2-8H2,1H3,(H,12,14). The molecule has 0 aliphatic heterocycles. The minimum absolute atomic E-state index is 0.156. The summed E-state index contributed by atoms with van der Waals surface area (Å²) in [6.07, 6.45) is 5.32. The quantitative estimate of drug-likeness (QED) is 0.511. The third-order valence-corrected chi connectivity index (χ3v) is 2.53. The fourth-order valence-corrected chi connectivity index (χ4v) is 1.37. The first kappa shape index (κ1) is 12.0. The molecule has 1 amide bonds. The number of esters is 1. The van der Waals surface area contributed by atoms with Crippen molar-refractivity contribution in [3.63, 3.8) is 0 Å². The lowest BCUT2D eigenvalue weighted by atomic mass is 10.2. The van der Waals surface area contributed by atoms with Crippen molar-refractivity contribution in [1.82, 2.24) is 5.32 Å². The van der Waals surface area contributed by atoms with Crippen molar-refractivity contribution in [3.05, 3.63) is 0 Å². The number of unbranched alkanes of at least 4 members (excludes halogenated alkanes) is 2. The van der Waals surface area contributed by atoms with Gasteiger partial charge in [0.15, 0.2) is 0 Å². The van der Waals surface area contributed by atoms with E-state index in [1.807, 2.05) is 0 Å². The number of nitrogens with one attached hydrogen (secondary N) is 1. The Labute approximate surface area is 90.4 Å². The van der Waals surface area contributed by atoms with Crippen LogP contribution in [0.15, 0.2) is 0 Å². The van der Waals surface area contributed by atoms with Crippen LogP contribution in [0, 0.1) is 5.92 Å². The summed E-state index contributed by atoms with van der Waals surface area (Å²) in [5.41, 5.74) is 0. The number of rotatable bonds is 7. The molecule has 1 fully saturated rings. The van der Waals surface area contributed by atoms with Crippen LogP contribution in [-0.2, 0) is 14.3 Å². The summed E-state index contributed by atoms with van der Waals surface area (Å²) in [5, 5.41) is 2.89. The Morgan fingerprint density at radius 2 is 2.00 bits per heavy atom. The molecule has 0 saturated heterocycles. The molecule has 0 unspecified atom stereocenters. The molecule has 4 heteroatoms. The van der Waals surface area contributed by atoms with Crippen LogP contribution in [-0.4, -0.2) is 25.5 Å². The molecule has 1 aliphatic rings. The molecule has 0 bridgehead atoms. The second kappa shape index (κ2) is 6.43. The van der Waals surface area contributed by atoms with E-state index in [1.54, 1.807) is 0 Å². The van der Waals surface area contributed by atoms with Gasteiger partial charge in [-0.15, -0.1) is 0 Å². The maximum absolute atomic E-state index is 11.2. The fraction of sp³-hybridized carbons (Fsp3) is 0.818. The van der Waals surface area contributed by atoms with Gasteiger partial charge in [-0.05, 0) is 25.7 Å². The highest BCUT2D eigenvalue weighted by Gasteiger charge is 2.28. The van der Waals surface area contributed by atoms with E-state index in [-0.39, 0.29) is 11.9 Å². The number of hydrogen-bond acceptors (Lipinski definition) is 3. The van der Waals surface area contributed by atoms with Crippen molar-refractivity contribution in [1.29, 1.82) is 0 Å². The molecule has 1 rings (SSSR count). The van der Waals surface area contributed by atoms with Crippen LogP contribution in [0.5, 0.6) is 0 Å². The van der Waals surface area contributed by atoms with Crippen LogP contribution >= 0.6 is 0 Å². The van der Waals surface area contributed by atoms with E-state index in [4.69, 9.17) is 0 Å². The first-order valence-electron chi connectivity index (χ1n) is 5.58. The van der Waals surface area contributed by atoms with Gasteiger partial charge in [0, 0.05) is 18.9 Å². The lowest BCUT2D eigenvalue weighted by Gasteiger charge is -2.03. The summed E-state index contributed by atoms with van der Waals surface area (Å²) >= 11 is 0. The van der Waals surface area contributed by atoms with Gasteiger partial charge in [-0.3, -0.25) is 9.59 Å². The molecule has 0 heterocycles. The zero-order valence-electron chi connectivity index (χ0n) is 9.25. The van der Waals surface area contributed by atoms with E-state index in [9.17, 15) is 9.59 Å². The maximum Gasteiger partial charge on any atom is 0.305 e. The average Bonchev–Trinajstić information content (AvgIpc) is 3.05. The Morgan fingerprint density at radius 1 is 1.27 bits per heavy atom. The molecule has 0 aromatic rings. The summed E-state index contributed by atoms with van der Waals surface area (Å²) in [7, 11) is 1.40. The summed E-state index contributed by atoms with van der Waals surface area (Å²) in [6, 6.07) is 0. The van der Waals surface area contributed by atoms with Crippen molar-refractivity contribution in [2.45, 2.75) is 38.5 Å². The molecule has 0 aromatic carbocycles. The minimum atomic E-state index is -0.156. The Balaban J connectivity index is 1.84. The van der Waals surface area contributed by atoms with Crippen molar-refractivity contribution in [2.75, 3.05) is 13.7 Å². The maximum atomic E-state index is 11.2. The van der Waals surface area contributed by atoms with E-state index in [1.165, 1.54) is 7.11 Å². The van der Waals surface area contributed by atoms with Crippen molar-refractivity contribution in [3.8, 4) is 0 Å². The number of ether oxygens (including phenoxy) is 1. The molecule has 1 saturated carbocycles. The molecule has 86 valence electrons. The third kappa shape index (κ3) is 5.40. The van der Waals surface area contributed by atoms with E-state index < -0.39 is 0 Å². The summed E-state index contributed by atoms with van der Waals surface area (Å²) in [6.45, 7) is 0.733. The molecule has 1 aliphatic carbocycles. The van der Waals surface area contributed by atoms with Crippen LogP contribution in [0.3, 0.4) is 0 Å². The summed E-state index contributed by atoms with van der Waals surface area (Å²) < 4.78 is 4.53. The number of hydrogen-bond donors (Lipinski definition) is 1. The van der Waals surface area contributed by atoms with Gasteiger partial charge in [0.25, 0.3) is 0 Å². The Morgan fingerprint density at radius 3 is 2.60 bits per heavy atom. The van der Waals surface area contributed by atoms with Crippen LogP contribution < -0.4 is 5.32 Å². The second-order valence-corrected chi connectivity index (χ2v) is 3.95. The molecular formula is C11H19NO3. The van der Waals surface area contributed by atoms with Gasteiger partial charge in [-0.2, -0.15) is 0 Å². The van der Waals surface area contributed by atoms with Crippen LogP contribution in [0.1, 0.15) is 38.5 Å². The largest absolute Gasteiger partial charge is 0.469 e. The molecule has 4 nitrogen and oxygen atoms in total. The van der Waals surface area contributed by atoms with Crippen LogP contribution in [0.25, 0.3) is 0 Å². The molecule has 0 atom stereocenters. The molecule has 0 spiro atoms. The SMILES string of the molecule is COC(=O)CCCCCNC(=O)C1CC1. The predicted octanol–water partition coefficient (Wildman–Crippen LogP) is 1.25. The Hall–Kier alpha value is -1.06. The van der Waals surface area contributed by atoms with E-state index >= 15 is 0 Å². The smallest absolute Gasteiger partial charge is 0.305 e. The van der Waals surface area contributed by atoms with Gasteiger partial charge < -0.3 is 10.1 Å². The van der Waals surface area contributed by atoms with Gasteiger partial charge in [0.05, 0.1) is 7.11 Å². The van der Waals surface area contributed by atoms with Crippen molar-refractivity contribution < 1.29 is 14.3 Å². The van der Waals surface area contributed by atoms with Crippen LogP contribution in [0.4, 0.5) is 0 Å². The zero-order valence-corrected chi connectivity index (χ0v) is 9.25. The summed E-state index contributed by atoms with van der Waals surface area (Å²) in [5.74, 6) is 0.333. The zero-order chi connectivity index (χ0) is 11.1. The highest BCUT2D eigenvalue weighted by molar-refractivity contribution is 5.80. The average molecular weight is 213 g/mol. The van der Waals surface area contributed by atoms with Gasteiger partial charge in [-0.1, -0.05) is 6.42 Å². The normalized spacial score (nSPS) is 14.7. The molecule has 0 radical (unpaired) electrons. The monoisotopic (exact) mass is 213 g/mol. The lowest BCUT2D eigenvalue weighted by molar-refractivity contribution is -0.140. The Kier molecular flexibility index (Phi) is 5.15. The minimum Gasteiger partial charge on any atom is -0.469 e. The number of methoxy groups -OCH3 is 1. The predicted molar refractivity (Wildman–Crippen MR) is 56.2 cm³/mol. The van der Waals surface area contributed by atoms with E-state index in [0.717, 1.165) is 38.6 Å². The highest BCUT2D eigenvalue weighted by atomic mass is 16.5. The van der Waals surface area contributed by atoms with Gasteiger partial charge in [0.2, 0.25) is 5.91 Å². The number of amides is 1. The second-order valence-electron chi connectivity index (χ2n) is 3.95.